The summed E-state index contributed by atoms with van der Waals surface area (Å²) in [7, 11) is 1.81. The molecule has 1 rings (SSSR count). The molecule has 1 amide bonds. The zero-order chi connectivity index (χ0) is 11.4. The van der Waals surface area contributed by atoms with Crippen LogP contribution in [0.4, 0.5) is 4.79 Å². The second-order valence-corrected chi connectivity index (χ2v) is 3.87. The standard InChI is InChI=1S/C9H16N2O4/c1-6(8(12)13)4-11(2)5-7-3-10-9(14)15-7/h6-7H,3-5H2,1-2H3,(H,10,14)(H,12,13). The molecule has 1 heterocycles. The SMILES string of the molecule is CC(CN(C)CC1CNC(=O)O1)C(=O)O. The van der Waals surface area contributed by atoms with Crippen molar-refractivity contribution in [2.75, 3.05) is 26.7 Å². The molecule has 0 aromatic carbocycles. The Labute approximate surface area is 88.2 Å². The van der Waals surface area contributed by atoms with Crippen molar-refractivity contribution in [3.63, 3.8) is 0 Å². The van der Waals surface area contributed by atoms with Gasteiger partial charge in [-0.25, -0.2) is 4.79 Å². The Kier molecular flexibility index (Phi) is 3.90. The van der Waals surface area contributed by atoms with E-state index in [0.29, 0.717) is 19.6 Å². The largest absolute Gasteiger partial charge is 0.481 e. The average molecular weight is 216 g/mol. The number of aliphatic carboxylic acids is 1. The molecule has 6 nitrogen and oxygen atoms in total. The van der Waals surface area contributed by atoms with Gasteiger partial charge in [-0.1, -0.05) is 6.92 Å². The number of nitrogens with one attached hydrogen (secondary N) is 1. The number of carbonyl (C=O) groups excluding carboxylic acids is 1. The number of nitrogens with zero attached hydrogens (tertiary/aromatic N) is 1. The van der Waals surface area contributed by atoms with Crippen LogP contribution in [0, 0.1) is 5.92 Å². The number of hydrogen-bond acceptors (Lipinski definition) is 4. The topological polar surface area (TPSA) is 78.9 Å². The van der Waals surface area contributed by atoms with Crippen LogP contribution >= 0.6 is 0 Å². The van der Waals surface area contributed by atoms with Gasteiger partial charge in [-0.15, -0.1) is 0 Å². The van der Waals surface area contributed by atoms with Crippen LogP contribution < -0.4 is 5.32 Å². The normalized spacial score (nSPS) is 22.3. The Bertz CT molecular complexity index is 256. The molecule has 2 unspecified atom stereocenters. The maximum absolute atomic E-state index is 10.7. The number of cyclic esters (lactones) is 1. The summed E-state index contributed by atoms with van der Waals surface area (Å²) in [6, 6.07) is 0. The van der Waals surface area contributed by atoms with Gasteiger partial charge in [0.15, 0.2) is 0 Å². The summed E-state index contributed by atoms with van der Waals surface area (Å²) in [4.78, 5) is 23.2. The van der Waals surface area contributed by atoms with Crippen LogP contribution in [0.5, 0.6) is 0 Å². The lowest BCUT2D eigenvalue weighted by Crippen LogP contribution is -2.35. The number of likely N-dealkylation sites (N-methyl/N-ethyl adjacent to an activating group) is 1. The number of ether oxygens (including phenoxy) is 1. The van der Waals surface area contributed by atoms with Gasteiger partial charge in [0.25, 0.3) is 0 Å². The third-order valence-corrected chi connectivity index (χ3v) is 2.27. The summed E-state index contributed by atoms with van der Waals surface area (Å²) in [6.07, 6.45) is -0.580. The molecule has 86 valence electrons. The van der Waals surface area contributed by atoms with Crippen molar-refractivity contribution in [1.82, 2.24) is 10.2 Å². The quantitative estimate of drug-likeness (QED) is 0.662. The Morgan fingerprint density at radius 3 is 2.93 bits per heavy atom. The molecule has 0 aromatic rings. The fraction of sp³-hybridized carbons (Fsp3) is 0.778. The second-order valence-electron chi connectivity index (χ2n) is 3.87. The van der Waals surface area contributed by atoms with Crippen molar-refractivity contribution in [2.24, 2.45) is 5.92 Å². The molecule has 1 saturated heterocycles. The van der Waals surface area contributed by atoms with Crippen molar-refractivity contribution in [3.8, 4) is 0 Å². The van der Waals surface area contributed by atoms with Crippen LogP contribution in [-0.4, -0.2) is 54.9 Å². The first-order valence-corrected chi connectivity index (χ1v) is 4.85. The van der Waals surface area contributed by atoms with E-state index in [9.17, 15) is 9.59 Å². The number of carbonyl (C=O) groups is 2. The highest BCUT2D eigenvalue weighted by Gasteiger charge is 2.24. The molecule has 6 heteroatoms. The van der Waals surface area contributed by atoms with Gasteiger partial charge < -0.3 is 20.1 Å². The molecule has 0 aliphatic carbocycles. The third kappa shape index (κ3) is 3.75. The number of carboxylic acids is 1. The molecule has 0 bridgehead atoms. The van der Waals surface area contributed by atoms with Crippen LogP contribution in [-0.2, 0) is 9.53 Å². The van der Waals surface area contributed by atoms with E-state index < -0.39 is 18.0 Å². The number of carboxylic acid groups (broad SMARTS) is 1. The number of hydrogen-bond donors (Lipinski definition) is 2. The summed E-state index contributed by atoms with van der Waals surface area (Å²) in [5.41, 5.74) is 0. The first kappa shape index (κ1) is 11.8. The number of alkyl carbamates (subject to hydrolysis) is 1. The first-order chi connectivity index (χ1) is 6.99. The van der Waals surface area contributed by atoms with E-state index in [1.54, 1.807) is 6.92 Å². The van der Waals surface area contributed by atoms with E-state index in [2.05, 4.69) is 5.32 Å². The van der Waals surface area contributed by atoms with Crippen LogP contribution in [0.1, 0.15) is 6.92 Å². The van der Waals surface area contributed by atoms with Gasteiger partial charge in [0.1, 0.15) is 6.10 Å². The van der Waals surface area contributed by atoms with E-state index in [1.807, 2.05) is 11.9 Å². The summed E-state index contributed by atoms with van der Waals surface area (Å²) in [5.74, 6) is -1.23. The van der Waals surface area contributed by atoms with Crippen LogP contribution in [0.25, 0.3) is 0 Å². The third-order valence-electron chi connectivity index (χ3n) is 2.27. The molecule has 15 heavy (non-hydrogen) atoms. The summed E-state index contributed by atoms with van der Waals surface area (Å²) < 4.78 is 4.93. The second kappa shape index (κ2) is 4.97. The van der Waals surface area contributed by atoms with Gasteiger partial charge in [-0.3, -0.25) is 4.79 Å². The van der Waals surface area contributed by atoms with E-state index >= 15 is 0 Å². The minimum atomic E-state index is -0.816. The number of rotatable bonds is 5. The minimum absolute atomic E-state index is 0.177. The maximum atomic E-state index is 10.7. The van der Waals surface area contributed by atoms with E-state index in [-0.39, 0.29) is 6.10 Å². The number of amides is 1. The van der Waals surface area contributed by atoms with E-state index in [4.69, 9.17) is 9.84 Å². The van der Waals surface area contributed by atoms with Crippen molar-refractivity contribution in [1.29, 1.82) is 0 Å². The highest BCUT2D eigenvalue weighted by molar-refractivity contribution is 5.70. The zero-order valence-corrected chi connectivity index (χ0v) is 8.90. The highest BCUT2D eigenvalue weighted by Crippen LogP contribution is 2.04. The molecular weight excluding hydrogens is 200 g/mol. The van der Waals surface area contributed by atoms with Gasteiger partial charge in [-0.2, -0.15) is 0 Å². The Morgan fingerprint density at radius 2 is 2.47 bits per heavy atom. The molecule has 1 fully saturated rings. The molecular formula is C9H16N2O4. The van der Waals surface area contributed by atoms with Crippen molar-refractivity contribution in [2.45, 2.75) is 13.0 Å². The average Bonchev–Trinajstić information content (AvgIpc) is 2.50. The van der Waals surface area contributed by atoms with Gasteiger partial charge >= 0.3 is 12.1 Å². The predicted octanol–water partition coefficient (Wildman–Crippen LogP) is -0.253. The fourth-order valence-electron chi connectivity index (χ4n) is 1.50. The van der Waals surface area contributed by atoms with Crippen LogP contribution in [0.3, 0.4) is 0 Å². The van der Waals surface area contributed by atoms with Crippen molar-refractivity contribution >= 4 is 12.1 Å². The lowest BCUT2D eigenvalue weighted by atomic mass is 10.1. The molecule has 0 radical (unpaired) electrons. The summed E-state index contributed by atoms with van der Waals surface area (Å²) >= 11 is 0. The monoisotopic (exact) mass is 216 g/mol. The van der Waals surface area contributed by atoms with Gasteiger partial charge in [0.2, 0.25) is 0 Å². The smallest absolute Gasteiger partial charge is 0.407 e. The van der Waals surface area contributed by atoms with Gasteiger partial charge in [0.05, 0.1) is 12.5 Å². The van der Waals surface area contributed by atoms with Crippen LogP contribution in [0.15, 0.2) is 0 Å². The Balaban J connectivity index is 2.26. The first-order valence-electron chi connectivity index (χ1n) is 4.85. The molecule has 0 saturated carbocycles. The van der Waals surface area contributed by atoms with Crippen molar-refractivity contribution < 1.29 is 19.4 Å². The summed E-state index contributed by atoms with van der Waals surface area (Å²) in [6.45, 7) is 3.14. The van der Waals surface area contributed by atoms with E-state index in [1.165, 1.54) is 0 Å². The van der Waals surface area contributed by atoms with Gasteiger partial charge in [0, 0.05) is 13.1 Å². The minimum Gasteiger partial charge on any atom is -0.481 e. The van der Waals surface area contributed by atoms with Crippen LogP contribution in [0.2, 0.25) is 0 Å². The molecule has 1 aliphatic heterocycles. The molecule has 1 aliphatic rings. The summed E-state index contributed by atoms with van der Waals surface area (Å²) in [5, 5.41) is 11.3. The Hall–Kier alpha value is -1.30. The molecule has 2 N–H and O–H groups in total. The molecule has 0 spiro atoms. The van der Waals surface area contributed by atoms with Gasteiger partial charge in [-0.05, 0) is 7.05 Å². The Morgan fingerprint density at radius 1 is 1.80 bits per heavy atom. The fourth-order valence-corrected chi connectivity index (χ4v) is 1.50. The van der Waals surface area contributed by atoms with Crippen molar-refractivity contribution in [3.05, 3.63) is 0 Å². The molecule has 2 atom stereocenters. The lowest BCUT2D eigenvalue weighted by Gasteiger charge is -2.21. The zero-order valence-electron chi connectivity index (χ0n) is 8.90. The highest BCUT2D eigenvalue weighted by atomic mass is 16.6. The van der Waals surface area contributed by atoms with E-state index in [0.717, 1.165) is 0 Å². The lowest BCUT2D eigenvalue weighted by molar-refractivity contribution is -0.141. The predicted molar refractivity (Wildman–Crippen MR) is 52.6 cm³/mol. The molecule has 0 aromatic heterocycles. The maximum Gasteiger partial charge on any atom is 0.407 e.